The molecule has 1 aliphatic rings. The number of nitrogens with one attached hydrogen (secondary N) is 2. The molecule has 2 aromatic heterocycles. The summed E-state index contributed by atoms with van der Waals surface area (Å²) in [6, 6.07) is 0.166. The minimum atomic E-state index is -4.58. The standard InChI is InChI=1S/C15H15ClF3N5O2S/c16-9-5-8(15(17,18)19)6-24-12(9)22-23-14(24)27-7-11(25)21-10-3-1-2-4-20-13(10)26/h5-6,10H,1-4,7H2,(H,20,26)(H,21,25)/t10-/m1/s1. The van der Waals surface area contributed by atoms with Gasteiger partial charge in [-0.1, -0.05) is 23.4 Å². The Kier molecular flexibility index (Phi) is 5.80. The molecule has 1 atom stereocenters. The lowest BCUT2D eigenvalue weighted by Crippen LogP contribution is -2.46. The summed E-state index contributed by atoms with van der Waals surface area (Å²) in [5, 5.41) is 12.8. The van der Waals surface area contributed by atoms with E-state index in [-0.39, 0.29) is 27.5 Å². The zero-order valence-corrected chi connectivity index (χ0v) is 15.4. The van der Waals surface area contributed by atoms with Crippen molar-refractivity contribution in [1.82, 2.24) is 25.2 Å². The maximum atomic E-state index is 13.0. The number of hydrogen-bond acceptors (Lipinski definition) is 5. The molecule has 0 saturated carbocycles. The lowest BCUT2D eigenvalue weighted by atomic mass is 10.1. The number of fused-ring (bicyclic) bond motifs is 1. The topological polar surface area (TPSA) is 88.4 Å². The molecular weight excluding hydrogens is 407 g/mol. The second-order valence-electron chi connectivity index (χ2n) is 5.95. The van der Waals surface area contributed by atoms with Crippen LogP contribution < -0.4 is 10.6 Å². The SMILES string of the molecule is O=C(CSc1nnc2c(Cl)cc(C(F)(F)F)cn12)N[C@@H]1CCCCNC1=O. The lowest BCUT2D eigenvalue weighted by molar-refractivity contribution is -0.137. The summed E-state index contributed by atoms with van der Waals surface area (Å²) in [5.74, 6) is -0.782. The second-order valence-corrected chi connectivity index (χ2v) is 7.30. The number of rotatable bonds is 4. The van der Waals surface area contributed by atoms with Gasteiger partial charge in [-0.2, -0.15) is 13.2 Å². The van der Waals surface area contributed by atoms with Gasteiger partial charge in [0.05, 0.1) is 16.3 Å². The smallest absolute Gasteiger partial charge is 0.354 e. The molecule has 0 aromatic carbocycles. The van der Waals surface area contributed by atoms with Gasteiger partial charge in [0.15, 0.2) is 10.8 Å². The predicted molar refractivity (Wildman–Crippen MR) is 92.5 cm³/mol. The molecule has 0 spiro atoms. The van der Waals surface area contributed by atoms with Crippen LogP contribution >= 0.6 is 23.4 Å². The Hall–Kier alpha value is -2.01. The first kappa shape index (κ1) is 19.7. The quantitative estimate of drug-likeness (QED) is 0.739. The van der Waals surface area contributed by atoms with Gasteiger partial charge in [0.25, 0.3) is 0 Å². The fourth-order valence-corrected chi connectivity index (χ4v) is 3.60. The zero-order valence-electron chi connectivity index (χ0n) is 13.8. The molecule has 2 N–H and O–H groups in total. The Morgan fingerprint density at radius 3 is 2.93 bits per heavy atom. The number of halogens is 4. The van der Waals surface area contributed by atoms with Crippen LogP contribution in [0.1, 0.15) is 24.8 Å². The van der Waals surface area contributed by atoms with Crippen LogP contribution in [0.3, 0.4) is 0 Å². The van der Waals surface area contributed by atoms with Crippen molar-refractivity contribution in [3.05, 3.63) is 22.8 Å². The predicted octanol–water partition coefficient (Wildman–Crippen LogP) is 2.28. The summed E-state index contributed by atoms with van der Waals surface area (Å²) >= 11 is 6.76. The van der Waals surface area contributed by atoms with Crippen molar-refractivity contribution in [1.29, 1.82) is 0 Å². The van der Waals surface area contributed by atoms with E-state index in [1.165, 1.54) is 0 Å². The van der Waals surface area contributed by atoms with Gasteiger partial charge in [-0.05, 0) is 25.3 Å². The summed E-state index contributed by atoms with van der Waals surface area (Å²) in [6.07, 6.45) is -1.54. The van der Waals surface area contributed by atoms with E-state index in [1.54, 1.807) is 0 Å². The van der Waals surface area contributed by atoms with E-state index in [1.807, 2.05) is 0 Å². The van der Waals surface area contributed by atoms with E-state index in [9.17, 15) is 22.8 Å². The van der Waals surface area contributed by atoms with E-state index in [2.05, 4.69) is 20.8 Å². The first-order valence-electron chi connectivity index (χ1n) is 8.07. The van der Waals surface area contributed by atoms with E-state index in [0.29, 0.717) is 13.0 Å². The second kappa shape index (κ2) is 7.93. The average molecular weight is 422 g/mol. The molecule has 12 heteroatoms. The van der Waals surface area contributed by atoms with Crippen LogP contribution in [0.15, 0.2) is 17.4 Å². The van der Waals surface area contributed by atoms with Gasteiger partial charge < -0.3 is 10.6 Å². The Balaban J connectivity index is 1.70. The average Bonchev–Trinajstić information content (AvgIpc) is 2.91. The number of hydrogen-bond donors (Lipinski definition) is 2. The van der Waals surface area contributed by atoms with Gasteiger partial charge in [-0.25, -0.2) is 0 Å². The minimum Gasteiger partial charge on any atom is -0.354 e. The Morgan fingerprint density at radius 1 is 1.41 bits per heavy atom. The molecule has 2 amide bonds. The normalized spacial score (nSPS) is 18.2. The number of amides is 2. The van der Waals surface area contributed by atoms with Crippen LogP contribution in [0.5, 0.6) is 0 Å². The molecular formula is C15H15ClF3N5O2S. The molecule has 1 aliphatic heterocycles. The van der Waals surface area contributed by atoms with Crippen molar-refractivity contribution >= 4 is 40.8 Å². The first-order valence-corrected chi connectivity index (χ1v) is 9.43. The van der Waals surface area contributed by atoms with Gasteiger partial charge in [-0.3, -0.25) is 14.0 Å². The summed E-state index contributed by atoms with van der Waals surface area (Å²) in [5.41, 5.74) is -0.878. The maximum absolute atomic E-state index is 13.0. The van der Waals surface area contributed by atoms with E-state index in [4.69, 9.17) is 11.6 Å². The zero-order chi connectivity index (χ0) is 19.6. The van der Waals surface area contributed by atoms with Crippen LogP contribution in [0.2, 0.25) is 5.02 Å². The number of pyridine rings is 1. The Labute approximate surface area is 161 Å². The molecule has 146 valence electrons. The largest absolute Gasteiger partial charge is 0.417 e. The lowest BCUT2D eigenvalue weighted by Gasteiger charge is -2.14. The summed E-state index contributed by atoms with van der Waals surface area (Å²) in [4.78, 5) is 24.0. The Bertz CT molecular complexity index is 873. The van der Waals surface area contributed by atoms with Crippen molar-refractivity contribution in [2.24, 2.45) is 0 Å². The van der Waals surface area contributed by atoms with Crippen LogP contribution in [-0.4, -0.2) is 44.8 Å². The third-order valence-electron chi connectivity index (χ3n) is 3.96. The van der Waals surface area contributed by atoms with Crippen molar-refractivity contribution in [3.8, 4) is 0 Å². The third-order valence-corrected chi connectivity index (χ3v) is 5.18. The fraction of sp³-hybridized carbons (Fsp3) is 0.467. The van der Waals surface area contributed by atoms with E-state index >= 15 is 0 Å². The number of carbonyl (C=O) groups is 2. The van der Waals surface area contributed by atoms with Crippen molar-refractivity contribution in [2.75, 3.05) is 12.3 Å². The van der Waals surface area contributed by atoms with Crippen LogP contribution in [0.4, 0.5) is 13.2 Å². The van der Waals surface area contributed by atoms with Gasteiger partial charge in [-0.15, -0.1) is 10.2 Å². The molecule has 7 nitrogen and oxygen atoms in total. The first-order chi connectivity index (χ1) is 12.8. The number of thioether (sulfide) groups is 1. The summed E-state index contributed by atoms with van der Waals surface area (Å²) in [6.45, 7) is 0.577. The molecule has 0 aliphatic carbocycles. The number of alkyl halides is 3. The van der Waals surface area contributed by atoms with Gasteiger partial charge in [0.2, 0.25) is 11.8 Å². The number of carbonyl (C=O) groups excluding carboxylic acids is 2. The molecule has 1 fully saturated rings. The third kappa shape index (κ3) is 4.64. The molecule has 0 unspecified atom stereocenters. The Morgan fingerprint density at radius 2 is 2.19 bits per heavy atom. The van der Waals surface area contributed by atoms with Crippen molar-refractivity contribution in [2.45, 2.75) is 36.6 Å². The number of nitrogens with zero attached hydrogens (tertiary/aromatic N) is 3. The van der Waals surface area contributed by atoms with Crippen LogP contribution in [0.25, 0.3) is 5.65 Å². The minimum absolute atomic E-state index is 0.0655. The molecule has 27 heavy (non-hydrogen) atoms. The number of aromatic nitrogens is 3. The maximum Gasteiger partial charge on any atom is 0.417 e. The monoisotopic (exact) mass is 421 g/mol. The highest BCUT2D eigenvalue weighted by molar-refractivity contribution is 7.99. The van der Waals surface area contributed by atoms with Gasteiger partial charge in [0.1, 0.15) is 6.04 Å². The summed E-state index contributed by atoms with van der Waals surface area (Å²) in [7, 11) is 0. The van der Waals surface area contributed by atoms with Crippen LogP contribution in [0, 0.1) is 0 Å². The molecule has 0 bridgehead atoms. The van der Waals surface area contributed by atoms with Crippen molar-refractivity contribution in [3.63, 3.8) is 0 Å². The molecule has 2 aromatic rings. The van der Waals surface area contributed by atoms with E-state index in [0.717, 1.165) is 41.3 Å². The van der Waals surface area contributed by atoms with Gasteiger partial charge in [0, 0.05) is 12.7 Å². The fourth-order valence-electron chi connectivity index (χ4n) is 2.63. The van der Waals surface area contributed by atoms with Gasteiger partial charge >= 0.3 is 6.18 Å². The molecule has 3 heterocycles. The highest BCUT2D eigenvalue weighted by atomic mass is 35.5. The molecule has 1 saturated heterocycles. The van der Waals surface area contributed by atoms with E-state index < -0.39 is 23.7 Å². The van der Waals surface area contributed by atoms with Crippen molar-refractivity contribution < 1.29 is 22.8 Å². The summed E-state index contributed by atoms with van der Waals surface area (Å²) < 4.78 is 40.0. The highest BCUT2D eigenvalue weighted by Gasteiger charge is 2.32. The molecule has 3 rings (SSSR count). The molecule has 0 radical (unpaired) electrons. The highest BCUT2D eigenvalue weighted by Crippen LogP contribution is 2.33. The van der Waals surface area contributed by atoms with Crippen LogP contribution in [-0.2, 0) is 15.8 Å².